The van der Waals surface area contributed by atoms with Crippen LogP contribution < -0.4 is 20.8 Å². The molecule has 0 fully saturated rings. The molecule has 13 heteroatoms. The smallest absolute Gasteiger partial charge is 0.267 e. The van der Waals surface area contributed by atoms with Crippen molar-refractivity contribution >= 4 is 32.6 Å². The summed E-state index contributed by atoms with van der Waals surface area (Å²) in [5.41, 5.74) is 7.50. The van der Waals surface area contributed by atoms with Crippen LogP contribution in [-0.2, 0) is 10.0 Å². The summed E-state index contributed by atoms with van der Waals surface area (Å²) in [6.07, 6.45) is 1.40. The van der Waals surface area contributed by atoms with Crippen LogP contribution in [0.1, 0.15) is 5.56 Å². The standard InChI is InChI=1S/C27H18F2N6O4S/c1-39-25-23(34-40(37,38)24-9-5-18(28)12-21(24)29)11-17(14-32-25)16-4-8-22-20(10-16)26(36)35(27(31)33-22)19-6-2-15(13-30)3-7-19/h2-12,14,34H,1H3,(H2,31,33). The van der Waals surface area contributed by atoms with Gasteiger partial charge in [0, 0.05) is 17.8 Å². The van der Waals surface area contributed by atoms with Gasteiger partial charge in [-0.25, -0.2) is 31.7 Å². The molecule has 0 aliphatic rings. The number of benzene rings is 3. The van der Waals surface area contributed by atoms with Gasteiger partial charge in [0.1, 0.15) is 22.2 Å². The average molecular weight is 561 g/mol. The molecule has 0 amide bonds. The molecule has 0 spiro atoms. The average Bonchev–Trinajstić information content (AvgIpc) is 2.93. The molecule has 5 rings (SSSR count). The second-order valence-corrected chi connectivity index (χ2v) is 10.1. The van der Waals surface area contributed by atoms with Crippen molar-refractivity contribution in [2.75, 3.05) is 17.6 Å². The molecule has 3 aromatic carbocycles. The van der Waals surface area contributed by atoms with Crippen molar-refractivity contribution in [3.05, 3.63) is 100 Å². The lowest BCUT2D eigenvalue weighted by Gasteiger charge is -2.14. The minimum Gasteiger partial charge on any atom is -0.480 e. The Labute approximate surface area is 226 Å². The number of methoxy groups -OCH3 is 1. The van der Waals surface area contributed by atoms with E-state index in [0.717, 1.165) is 12.1 Å². The van der Waals surface area contributed by atoms with Crippen LogP contribution in [-0.4, -0.2) is 30.1 Å². The fraction of sp³-hybridized carbons (Fsp3) is 0.0370. The van der Waals surface area contributed by atoms with Crippen molar-refractivity contribution in [2.45, 2.75) is 4.90 Å². The van der Waals surface area contributed by atoms with E-state index in [2.05, 4.69) is 14.7 Å². The number of nitrogens with one attached hydrogen (secondary N) is 1. The highest BCUT2D eigenvalue weighted by atomic mass is 32.2. The highest BCUT2D eigenvalue weighted by Crippen LogP contribution is 2.31. The van der Waals surface area contributed by atoms with E-state index in [0.29, 0.717) is 34.0 Å². The Morgan fingerprint density at radius 3 is 2.45 bits per heavy atom. The highest BCUT2D eigenvalue weighted by Gasteiger charge is 2.22. The zero-order valence-corrected chi connectivity index (χ0v) is 21.4. The monoisotopic (exact) mass is 560 g/mol. The molecule has 3 N–H and O–H groups in total. The number of anilines is 2. The van der Waals surface area contributed by atoms with Crippen molar-refractivity contribution in [3.8, 4) is 28.8 Å². The number of nitriles is 1. The number of sulfonamides is 1. The van der Waals surface area contributed by atoms with E-state index in [1.54, 1.807) is 42.5 Å². The van der Waals surface area contributed by atoms with E-state index in [4.69, 9.17) is 15.7 Å². The Morgan fingerprint density at radius 2 is 1.77 bits per heavy atom. The number of rotatable bonds is 6. The Balaban J connectivity index is 1.59. The molecular formula is C27H18F2N6O4S. The SMILES string of the molecule is COc1ncc(-c2ccc3nc(N)n(-c4ccc(C#N)cc4)c(=O)c3c2)cc1NS(=O)(=O)c1ccc(F)cc1F. The largest absolute Gasteiger partial charge is 0.480 e. The van der Waals surface area contributed by atoms with Crippen molar-refractivity contribution in [3.63, 3.8) is 0 Å². The van der Waals surface area contributed by atoms with Crippen LogP contribution in [0, 0.1) is 23.0 Å². The van der Waals surface area contributed by atoms with Crippen LogP contribution >= 0.6 is 0 Å². The predicted octanol–water partition coefficient (Wildman–Crippen LogP) is 3.99. The maximum absolute atomic E-state index is 14.2. The fourth-order valence-corrected chi connectivity index (χ4v) is 5.16. The lowest BCUT2D eigenvalue weighted by molar-refractivity contribution is 0.400. The molecule has 5 aromatic rings. The van der Waals surface area contributed by atoms with Gasteiger partial charge in [-0.1, -0.05) is 6.07 Å². The third kappa shape index (κ3) is 4.79. The van der Waals surface area contributed by atoms with Crippen molar-refractivity contribution in [1.82, 2.24) is 14.5 Å². The molecule has 2 heterocycles. The minimum absolute atomic E-state index is 0.0502. The molecule has 10 nitrogen and oxygen atoms in total. The molecule has 0 atom stereocenters. The van der Waals surface area contributed by atoms with Gasteiger partial charge >= 0.3 is 0 Å². The molecule has 200 valence electrons. The molecule has 0 aliphatic carbocycles. The molecule has 0 bridgehead atoms. The number of hydrogen-bond acceptors (Lipinski definition) is 8. The Morgan fingerprint density at radius 1 is 1.02 bits per heavy atom. The number of nitrogens with zero attached hydrogens (tertiary/aromatic N) is 4. The summed E-state index contributed by atoms with van der Waals surface area (Å²) in [5, 5.41) is 9.26. The third-order valence-corrected chi connectivity index (χ3v) is 7.35. The van der Waals surface area contributed by atoms with Crippen LogP contribution in [0.3, 0.4) is 0 Å². The Bertz CT molecular complexity index is 2010. The first-order valence-electron chi connectivity index (χ1n) is 11.5. The Kier molecular flexibility index (Phi) is 6.62. The summed E-state index contributed by atoms with van der Waals surface area (Å²) in [5.74, 6) is -2.35. The quantitative estimate of drug-likeness (QED) is 0.316. The van der Waals surface area contributed by atoms with E-state index in [1.165, 1.54) is 23.9 Å². The van der Waals surface area contributed by atoms with E-state index in [-0.39, 0.29) is 22.9 Å². The summed E-state index contributed by atoms with van der Waals surface area (Å²) in [7, 11) is -3.21. The van der Waals surface area contributed by atoms with E-state index >= 15 is 0 Å². The number of ether oxygens (including phenoxy) is 1. The maximum Gasteiger partial charge on any atom is 0.267 e. The van der Waals surface area contributed by atoms with Gasteiger partial charge in [-0.3, -0.25) is 9.52 Å². The zero-order chi connectivity index (χ0) is 28.6. The van der Waals surface area contributed by atoms with Crippen LogP contribution in [0.4, 0.5) is 20.4 Å². The van der Waals surface area contributed by atoms with Gasteiger partial charge in [0.05, 0.1) is 35.3 Å². The molecule has 0 radical (unpaired) electrons. The lowest BCUT2D eigenvalue weighted by atomic mass is 10.0. The van der Waals surface area contributed by atoms with Crippen molar-refractivity contribution < 1.29 is 21.9 Å². The number of hydrogen-bond donors (Lipinski definition) is 2. The third-order valence-electron chi connectivity index (χ3n) is 5.95. The van der Waals surface area contributed by atoms with Gasteiger partial charge in [-0.2, -0.15) is 5.26 Å². The van der Waals surface area contributed by atoms with Gasteiger partial charge in [-0.05, 0) is 60.2 Å². The van der Waals surface area contributed by atoms with E-state index in [9.17, 15) is 22.0 Å². The predicted molar refractivity (Wildman–Crippen MR) is 143 cm³/mol. The van der Waals surface area contributed by atoms with Gasteiger partial charge in [-0.15, -0.1) is 0 Å². The normalized spacial score (nSPS) is 11.2. The minimum atomic E-state index is -4.49. The Hall–Kier alpha value is -5.35. The van der Waals surface area contributed by atoms with E-state index < -0.39 is 32.1 Å². The molecule has 0 aliphatic heterocycles. The number of aromatic nitrogens is 3. The molecule has 2 aromatic heterocycles. The topological polar surface area (TPSA) is 153 Å². The van der Waals surface area contributed by atoms with Crippen molar-refractivity contribution in [2.24, 2.45) is 0 Å². The summed E-state index contributed by atoms with van der Waals surface area (Å²) < 4.78 is 61.9. The first kappa shape index (κ1) is 26.3. The summed E-state index contributed by atoms with van der Waals surface area (Å²) in [6.45, 7) is 0. The van der Waals surface area contributed by atoms with Crippen LogP contribution in [0.15, 0.2) is 82.6 Å². The fourth-order valence-electron chi connectivity index (χ4n) is 4.06. The lowest BCUT2D eigenvalue weighted by Crippen LogP contribution is -2.23. The first-order chi connectivity index (χ1) is 19.1. The maximum atomic E-state index is 14.2. The molecule has 0 saturated heterocycles. The van der Waals surface area contributed by atoms with Gasteiger partial charge in [0.25, 0.3) is 15.6 Å². The number of halogens is 2. The van der Waals surface area contributed by atoms with Gasteiger partial charge in [0.2, 0.25) is 11.8 Å². The zero-order valence-electron chi connectivity index (χ0n) is 20.6. The highest BCUT2D eigenvalue weighted by molar-refractivity contribution is 7.92. The van der Waals surface area contributed by atoms with E-state index in [1.807, 2.05) is 6.07 Å². The van der Waals surface area contributed by atoms with Gasteiger partial charge < -0.3 is 10.5 Å². The van der Waals surface area contributed by atoms with Crippen LogP contribution in [0.5, 0.6) is 5.88 Å². The number of pyridine rings is 1. The number of nitrogen functional groups attached to an aromatic ring is 1. The summed E-state index contributed by atoms with van der Waals surface area (Å²) in [4.78, 5) is 21.1. The second kappa shape index (κ2) is 10.1. The summed E-state index contributed by atoms with van der Waals surface area (Å²) in [6, 6.07) is 16.5. The van der Waals surface area contributed by atoms with Crippen LogP contribution in [0.25, 0.3) is 27.7 Å². The molecule has 0 unspecified atom stereocenters. The first-order valence-corrected chi connectivity index (χ1v) is 12.9. The molecule has 40 heavy (non-hydrogen) atoms. The second-order valence-electron chi connectivity index (χ2n) is 8.46. The number of nitrogens with two attached hydrogens (primary N) is 1. The van der Waals surface area contributed by atoms with Gasteiger partial charge in [0.15, 0.2) is 0 Å². The number of fused-ring (bicyclic) bond motifs is 1. The molecular weight excluding hydrogens is 542 g/mol. The summed E-state index contributed by atoms with van der Waals surface area (Å²) >= 11 is 0. The van der Waals surface area contributed by atoms with Crippen LogP contribution in [0.2, 0.25) is 0 Å². The molecule has 0 saturated carbocycles. The van der Waals surface area contributed by atoms with Crippen molar-refractivity contribution in [1.29, 1.82) is 5.26 Å².